The van der Waals surface area contributed by atoms with E-state index in [2.05, 4.69) is 15.5 Å². The van der Waals surface area contributed by atoms with Crippen LogP contribution in [-0.4, -0.2) is 50.9 Å². The van der Waals surface area contributed by atoms with E-state index in [4.69, 9.17) is 14.7 Å². The van der Waals surface area contributed by atoms with Crippen LogP contribution in [0.15, 0.2) is 4.52 Å². The van der Waals surface area contributed by atoms with E-state index in [0.717, 1.165) is 0 Å². The predicted molar refractivity (Wildman–Crippen MR) is 63.0 cm³/mol. The second kappa shape index (κ2) is 7.07. The van der Waals surface area contributed by atoms with Crippen molar-refractivity contribution in [2.75, 3.05) is 6.54 Å². The van der Waals surface area contributed by atoms with Crippen LogP contribution in [-0.2, 0) is 16.0 Å². The van der Waals surface area contributed by atoms with Gasteiger partial charge in [-0.15, -0.1) is 0 Å². The smallest absolute Gasteiger partial charge is 0.326 e. The van der Waals surface area contributed by atoms with Crippen molar-refractivity contribution in [2.24, 2.45) is 0 Å². The van der Waals surface area contributed by atoms with Crippen LogP contribution in [0.4, 0.5) is 4.79 Å². The highest BCUT2D eigenvalue weighted by atomic mass is 16.5. The van der Waals surface area contributed by atoms with Gasteiger partial charge in [-0.1, -0.05) is 5.16 Å². The van der Waals surface area contributed by atoms with Crippen LogP contribution < -0.4 is 10.6 Å². The standard InChI is InChI=1S/C10H14N4O6/c1-5-12-7(20-14-5)2-3-11-10(19)13-6(9(17)18)4-8(15)16/h6H,2-4H2,1H3,(H,15,16)(H,17,18)(H2,11,13,19)/t6-/m0/s1. The molecule has 1 atom stereocenters. The SMILES string of the molecule is Cc1noc(CCNC(=O)N[C@@H](CC(=O)O)C(=O)O)n1. The van der Waals surface area contributed by atoms with Crippen molar-refractivity contribution >= 4 is 18.0 Å². The molecule has 1 heterocycles. The van der Waals surface area contributed by atoms with Crippen LogP contribution in [0, 0.1) is 6.92 Å². The normalized spacial score (nSPS) is 11.7. The molecule has 110 valence electrons. The number of aryl methyl sites for hydroxylation is 1. The summed E-state index contributed by atoms with van der Waals surface area (Å²) in [5.41, 5.74) is 0. The van der Waals surface area contributed by atoms with Crippen LogP contribution in [0.25, 0.3) is 0 Å². The summed E-state index contributed by atoms with van der Waals surface area (Å²) in [6.45, 7) is 1.80. The number of carbonyl (C=O) groups is 3. The number of carboxylic acid groups (broad SMARTS) is 2. The Bertz CT molecular complexity index is 500. The Morgan fingerprint density at radius 3 is 2.55 bits per heavy atom. The van der Waals surface area contributed by atoms with Gasteiger partial charge < -0.3 is 25.4 Å². The maximum atomic E-state index is 11.4. The molecule has 0 aliphatic rings. The van der Waals surface area contributed by atoms with E-state index >= 15 is 0 Å². The van der Waals surface area contributed by atoms with Crippen LogP contribution in [0.1, 0.15) is 18.1 Å². The van der Waals surface area contributed by atoms with Gasteiger partial charge in [0.15, 0.2) is 5.82 Å². The number of aromatic nitrogens is 2. The third-order valence-electron chi connectivity index (χ3n) is 2.18. The lowest BCUT2D eigenvalue weighted by atomic mass is 10.2. The van der Waals surface area contributed by atoms with Crippen LogP contribution in [0.3, 0.4) is 0 Å². The molecule has 0 aromatic carbocycles. The summed E-state index contributed by atoms with van der Waals surface area (Å²) >= 11 is 0. The molecule has 0 saturated heterocycles. The van der Waals surface area contributed by atoms with Gasteiger partial charge in [0, 0.05) is 13.0 Å². The van der Waals surface area contributed by atoms with E-state index in [1.165, 1.54) is 0 Å². The van der Waals surface area contributed by atoms with Crippen molar-refractivity contribution in [1.29, 1.82) is 0 Å². The number of amides is 2. The number of hydrogen-bond donors (Lipinski definition) is 4. The van der Waals surface area contributed by atoms with E-state index in [1.54, 1.807) is 6.92 Å². The van der Waals surface area contributed by atoms with Crippen LogP contribution >= 0.6 is 0 Å². The molecule has 0 aliphatic carbocycles. The topological polar surface area (TPSA) is 155 Å². The van der Waals surface area contributed by atoms with Crippen molar-refractivity contribution in [1.82, 2.24) is 20.8 Å². The monoisotopic (exact) mass is 286 g/mol. The summed E-state index contributed by atoms with van der Waals surface area (Å²) in [7, 11) is 0. The van der Waals surface area contributed by atoms with Crippen LogP contribution in [0.5, 0.6) is 0 Å². The molecular weight excluding hydrogens is 272 g/mol. The third-order valence-corrected chi connectivity index (χ3v) is 2.18. The molecule has 1 rings (SSSR count). The number of rotatable bonds is 7. The van der Waals surface area contributed by atoms with Crippen LogP contribution in [0.2, 0.25) is 0 Å². The van der Waals surface area contributed by atoms with Crippen molar-refractivity contribution in [3.05, 3.63) is 11.7 Å². The lowest BCUT2D eigenvalue weighted by Crippen LogP contribution is -2.47. The fourth-order valence-corrected chi connectivity index (χ4v) is 1.31. The van der Waals surface area contributed by atoms with Gasteiger partial charge in [-0.25, -0.2) is 9.59 Å². The Kier molecular flexibility index (Phi) is 5.44. The average molecular weight is 286 g/mol. The number of urea groups is 1. The molecule has 0 spiro atoms. The minimum atomic E-state index is -1.49. The highest BCUT2D eigenvalue weighted by Gasteiger charge is 2.22. The molecule has 10 nitrogen and oxygen atoms in total. The summed E-state index contributed by atoms with van der Waals surface area (Å²) in [5, 5.41) is 25.2. The molecule has 0 bridgehead atoms. The summed E-state index contributed by atoms with van der Waals surface area (Å²) < 4.78 is 4.81. The fraction of sp³-hybridized carbons (Fsp3) is 0.500. The highest BCUT2D eigenvalue weighted by Crippen LogP contribution is 1.96. The largest absolute Gasteiger partial charge is 0.481 e. The lowest BCUT2D eigenvalue weighted by molar-refractivity contribution is -0.145. The second-order valence-electron chi connectivity index (χ2n) is 3.87. The molecule has 20 heavy (non-hydrogen) atoms. The molecule has 0 unspecified atom stereocenters. The Morgan fingerprint density at radius 2 is 2.05 bits per heavy atom. The molecular formula is C10H14N4O6. The number of aliphatic carboxylic acids is 2. The van der Waals surface area contributed by atoms with E-state index in [-0.39, 0.29) is 13.0 Å². The summed E-state index contributed by atoms with van der Waals surface area (Å²) in [6, 6.07) is -2.27. The number of hydrogen-bond acceptors (Lipinski definition) is 6. The van der Waals surface area contributed by atoms with Gasteiger partial charge in [-0.3, -0.25) is 4.79 Å². The Morgan fingerprint density at radius 1 is 1.35 bits per heavy atom. The molecule has 1 aromatic rings. The minimum absolute atomic E-state index is 0.146. The quantitative estimate of drug-likeness (QED) is 0.505. The maximum absolute atomic E-state index is 11.4. The number of nitrogens with one attached hydrogen (secondary N) is 2. The van der Waals surface area contributed by atoms with Gasteiger partial charge in [-0.2, -0.15) is 4.98 Å². The fourth-order valence-electron chi connectivity index (χ4n) is 1.31. The third kappa shape index (κ3) is 5.33. The first-order chi connectivity index (χ1) is 9.38. The van der Waals surface area contributed by atoms with E-state index < -0.39 is 30.4 Å². The molecule has 2 amide bonds. The number of carboxylic acids is 2. The van der Waals surface area contributed by atoms with Crippen molar-refractivity contribution in [3.8, 4) is 0 Å². The molecule has 0 saturated carbocycles. The molecule has 1 aromatic heterocycles. The van der Waals surface area contributed by atoms with Gasteiger partial charge in [0.25, 0.3) is 0 Å². The molecule has 4 N–H and O–H groups in total. The van der Waals surface area contributed by atoms with E-state index in [0.29, 0.717) is 11.7 Å². The number of carbonyl (C=O) groups excluding carboxylic acids is 1. The first kappa shape index (κ1) is 15.4. The second-order valence-corrected chi connectivity index (χ2v) is 3.87. The molecule has 10 heteroatoms. The maximum Gasteiger partial charge on any atom is 0.326 e. The lowest BCUT2D eigenvalue weighted by Gasteiger charge is -2.12. The Hall–Kier alpha value is -2.65. The van der Waals surface area contributed by atoms with Gasteiger partial charge in [0.05, 0.1) is 6.42 Å². The van der Waals surface area contributed by atoms with Crippen molar-refractivity contribution in [2.45, 2.75) is 25.8 Å². The zero-order chi connectivity index (χ0) is 15.1. The summed E-state index contributed by atoms with van der Waals surface area (Å²) in [6.07, 6.45) is -0.420. The summed E-state index contributed by atoms with van der Waals surface area (Å²) in [4.78, 5) is 36.5. The van der Waals surface area contributed by atoms with Gasteiger partial charge in [0.1, 0.15) is 6.04 Å². The number of nitrogens with zero attached hydrogens (tertiary/aromatic N) is 2. The van der Waals surface area contributed by atoms with E-state index in [9.17, 15) is 14.4 Å². The summed E-state index contributed by atoms with van der Waals surface area (Å²) in [5.74, 6) is -1.94. The van der Waals surface area contributed by atoms with E-state index in [1.807, 2.05) is 5.32 Å². The molecule has 0 radical (unpaired) electrons. The van der Waals surface area contributed by atoms with Gasteiger partial charge in [-0.05, 0) is 6.92 Å². The molecule has 0 fully saturated rings. The van der Waals surface area contributed by atoms with Gasteiger partial charge in [0.2, 0.25) is 5.89 Å². The van der Waals surface area contributed by atoms with Crippen molar-refractivity contribution < 1.29 is 29.1 Å². The highest BCUT2D eigenvalue weighted by molar-refractivity contribution is 5.86. The Labute approximate surface area is 113 Å². The van der Waals surface area contributed by atoms with Gasteiger partial charge >= 0.3 is 18.0 Å². The van der Waals surface area contributed by atoms with Crippen molar-refractivity contribution in [3.63, 3.8) is 0 Å². The first-order valence-electron chi connectivity index (χ1n) is 5.66. The first-order valence-corrected chi connectivity index (χ1v) is 5.66. The zero-order valence-electron chi connectivity index (χ0n) is 10.6. The Balaban J connectivity index is 2.34. The predicted octanol–water partition coefficient (Wildman–Crippen LogP) is -0.852. The average Bonchev–Trinajstić information content (AvgIpc) is 2.73. The molecule has 0 aliphatic heterocycles. The zero-order valence-corrected chi connectivity index (χ0v) is 10.6. The minimum Gasteiger partial charge on any atom is -0.481 e.